The van der Waals surface area contributed by atoms with Gasteiger partial charge >= 0.3 is 0 Å². The number of carbonyl (C=O) groups is 1. The van der Waals surface area contributed by atoms with Crippen LogP contribution in [0.4, 0.5) is 4.39 Å². The van der Waals surface area contributed by atoms with Crippen LogP contribution in [-0.2, 0) is 10.0 Å². The van der Waals surface area contributed by atoms with Gasteiger partial charge in [0.25, 0.3) is 15.9 Å². The second-order valence-electron chi connectivity index (χ2n) is 10.7. The van der Waals surface area contributed by atoms with Crippen LogP contribution in [0.2, 0.25) is 0 Å². The van der Waals surface area contributed by atoms with Crippen LogP contribution in [0.15, 0.2) is 53.6 Å². The molecule has 2 saturated carbocycles. The van der Waals surface area contributed by atoms with E-state index >= 15 is 0 Å². The number of hydrogen-bond acceptors (Lipinski definition) is 7. The monoisotopic (exact) mass is 553 g/mol. The summed E-state index contributed by atoms with van der Waals surface area (Å²) in [6.45, 7) is 6.09. The molecule has 2 unspecified atom stereocenters. The number of pyridine rings is 2. The summed E-state index contributed by atoms with van der Waals surface area (Å²) in [5.74, 6) is 0.284. The highest BCUT2D eigenvalue weighted by molar-refractivity contribution is 7.90. The standard InChI is InChI=1S/C29H32FN3O5S/c1-17(2)16-37-22-14-20(13-21(30)15-22)25-11-9-24(29(32-25)38-26-12-10-23(26)19-7-8-19)28(34)33-39(35,36)27-6-4-5-18(3)31-27/h4-6,9,11,13-15,17,19,23,26H,7-8,10,12,16H2,1-3H3,(H,33,34). The minimum absolute atomic E-state index is 0.0154. The van der Waals surface area contributed by atoms with Crippen LogP contribution < -0.4 is 14.2 Å². The lowest BCUT2D eigenvalue weighted by Gasteiger charge is -2.36. The van der Waals surface area contributed by atoms with Crippen molar-refractivity contribution in [2.75, 3.05) is 6.61 Å². The topological polar surface area (TPSA) is 107 Å². The lowest BCUT2D eigenvalue weighted by Crippen LogP contribution is -2.39. The zero-order valence-corrected chi connectivity index (χ0v) is 23.0. The Labute approximate surface area is 228 Å². The van der Waals surface area contributed by atoms with Gasteiger partial charge in [-0.3, -0.25) is 4.79 Å². The lowest BCUT2D eigenvalue weighted by molar-refractivity contribution is 0.0291. The summed E-state index contributed by atoms with van der Waals surface area (Å²) in [6.07, 6.45) is 4.08. The third-order valence-electron chi connectivity index (χ3n) is 6.97. The van der Waals surface area contributed by atoms with Crippen LogP contribution in [0.5, 0.6) is 11.6 Å². The number of nitrogens with one attached hydrogen (secondary N) is 1. The number of nitrogens with zero attached hydrogens (tertiary/aromatic N) is 2. The summed E-state index contributed by atoms with van der Waals surface area (Å²) in [5, 5.41) is -0.260. The van der Waals surface area contributed by atoms with Crippen molar-refractivity contribution in [1.29, 1.82) is 0 Å². The van der Waals surface area contributed by atoms with Gasteiger partial charge in [0.1, 0.15) is 23.2 Å². The summed E-state index contributed by atoms with van der Waals surface area (Å²) < 4.78 is 54.3. The summed E-state index contributed by atoms with van der Waals surface area (Å²) in [5.41, 5.74) is 1.31. The van der Waals surface area contributed by atoms with E-state index in [9.17, 15) is 17.6 Å². The van der Waals surface area contributed by atoms with Gasteiger partial charge in [-0.1, -0.05) is 19.9 Å². The van der Waals surface area contributed by atoms with Crippen LogP contribution in [0.1, 0.15) is 55.6 Å². The Morgan fingerprint density at radius 3 is 2.54 bits per heavy atom. The van der Waals surface area contributed by atoms with E-state index < -0.39 is 21.7 Å². The van der Waals surface area contributed by atoms with Crippen molar-refractivity contribution in [3.05, 3.63) is 65.6 Å². The highest BCUT2D eigenvalue weighted by Gasteiger charge is 2.44. The van der Waals surface area contributed by atoms with Gasteiger partial charge in [-0.15, -0.1) is 0 Å². The van der Waals surface area contributed by atoms with Crippen molar-refractivity contribution in [1.82, 2.24) is 14.7 Å². The van der Waals surface area contributed by atoms with Gasteiger partial charge in [-0.25, -0.2) is 19.1 Å². The second kappa shape index (κ2) is 10.9. The third kappa shape index (κ3) is 6.38. The van der Waals surface area contributed by atoms with Gasteiger partial charge in [0, 0.05) is 17.3 Å². The molecule has 5 rings (SSSR count). The molecular formula is C29H32FN3O5S. The Kier molecular flexibility index (Phi) is 7.57. The van der Waals surface area contributed by atoms with E-state index in [2.05, 4.69) is 14.7 Å². The highest BCUT2D eigenvalue weighted by Crippen LogP contribution is 2.48. The maximum Gasteiger partial charge on any atom is 0.281 e. The predicted octanol–water partition coefficient (Wildman–Crippen LogP) is 5.31. The fraction of sp³-hybridized carbons (Fsp3) is 0.414. The minimum Gasteiger partial charge on any atom is -0.493 e. The maximum atomic E-state index is 14.5. The molecule has 8 nitrogen and oxygen atoms in total. The smallest absolute Gasteiger partial charge is 0.281 e. The molecule has 2 fully saturated rings. The number of carbonyl (C=O) groups excluding carboxylic acids is 1. The number of benzene rings is 1. The predicted molar refractivity (Wildman–Crippen MR) is 143 cm³/mol. The minimum atomic E-state index is -4.23. The van der Waals surface area contributed by atoms with Crippen LogP contribution in [-0.4, -0.2) is 37.0 Å². The number of sulfonamides is 1. The number of amides is 1. The van der Waals surface area contributed by atoms with E-state index in [0.717, 1.165) is 25.7 Å². The summed E-state index contributed by atoms with van der Waals surface area (Å²) in [6, 6.07) is 11.9. The molecule has 10 heteroatoms. The van der Waals surface area contributed by atoms with E-state index in [1.807, 2.05) is 13.8 Å². The van der Waals surface area contributed by atoms with Gasteiger partial charge in [0.15, 0.2) is 5.03 Å². The Bertz CT molecular complexity index is 1490. The van der Waals surface area contributed by atoms with Crippen LogP contribution in [0.3, 0.4) is 0 Å². The Morgan fingerprint density at radius 1 is 1.08 bits per heavy atom. The van der Waals surface area contributed by atoms with E-state index in [1.54, 1.807) is 31.2 Å². The fourth-order valence-corrected chi connectivity index (χ4v) is 5.65. The van der Waals surface area contributed by atoms with Crippen LogP contribution in [0, 0.1) is 30.5 Å². The third-order valence-corrected chi connectivity index (χ3v) is 8.21. The quantitative estimate of drug-likeness (QED) is 0.362. The zero-order valence-electron chi connectivity index (χ0n) is 22.2. The molecule has 2 aliphatic rings. The summed E-state index contributed by atoms with van der Waals surface area (Å²) in [7, 11) is -4.23. The fourth-order valence-electron chi connectivity index (χ4n) is 4.67. The van der Waals surface area contributed by atoms with Gasteiger partial charge in [0.05, 0.1) is 12.3 Å². The SMILES string of the molecule is Cc1cccc(S(=O)(=O)NC(=O)c2ccc(-c3cc(F)cc(OCC(C)C)c3)nc2OC2CCC2C2CC2)n1. The lowest BCUT2D eigenvalue weighted by atomic mass is 9.78. The normalized spacial score (nSPS) is 18.9. The molecule has 2 aromatic heterocycles. The average Bonchev–Trinajstić information content (AvgIpc) is 3.69. The maximum absolute atomic E-state index is 14.5. The molecular weight excluding hydrogens is 521 g/mol. The molecule has 0 aliphatic heterocycles. The van der Waals surface area contributed by atoms with Crippen molar-refractivity contribution < 1.29 is 27.1 Å². The molecule has 0 saturated heterocycles. The molecule has 1 N–H and O–H groups in total. The first kappa shape index (κ1) is 27.1. The average molecular weight is 554 g/mol. The number of halogens is 1. The van der Waals surface area contributed by atoms with Gasteiger partial charge in [-0.2, -0.15) is 8.42 Å². The number of aryl methyl sites for hydroxylation is 1. The van der Waals surface area contributed by atoms with Crippen LogP contribution in [0.25, 0.3) is 11.3 Å². The van der Waals surface area contributed by atoms with Crippen molar-refractivity contribution in [3.63, 3.8) is 0 Å². The largest absolute Gasteiger partial charge is 0.493 e. The van der Waals surface area contributed by atoms with Crippen molar-refractivity contribution in [2.24, 2.45) is 17.8 Å². The van der Waals surface area contributed by atoms with Crippen molar-refractivity contribution >= 4 is 15.9 Å². The molecule has 2 aliphatic carbocycles. The van der Waals surface area contributed by atoms with Gasteiger partial charge in [0.2, 0.25) is 5.88 Å². The molecule has 39 heavy (non-hydrogen) atoms. The number of rotatable bonds is 10. The molecule has 206 valence electrons. The molecule has 2 heterocycles. The molecule has 0 bridgehead atoms. The van der Waals surface area contributed by atoms with E-state index in [0.29, 0.717) is 41.1 Å². The molecule has 0 spiro atoms. The molecule has 1 amide bonds. The van der Waals surface area contributed by atoms with E-state index in [-0.39, 0.29) is 28.5 Å². The summed E-state index contributed by atoms with van der Waals surface area (Å²) >= 11 is 0. The molecule has 1 aromatic carbocycles. The second-order valence-corrected chi connectivity index (χ2v) is 12.3. The summed E-state index contributed by atoms with van der Waals surface area (Å²) in [4.78, 5) is 21.8. The van der Waals surface area contributed by atoms with Crippen LogP contribution >= 0.6 is 0 Å². The number of aromatic nitrogens is 2. The number of hydrogen-bond donors (Lipinski definition) is 1. The Balaban J connectivity index is 1.46. The zero-order chi connectivity index (χ0) is 27.7. The molecule has 0 radical (unpaired) electrons. The van der Waals surface area contributed by atoms with Gasteiger partial charge < -0.3 is 9.47 Å². The van der Waals surface area contributed by atoms with Gasteiger partial charge in [-0.05, 0) is 86.8 Å². The first-order valence-electron chi connectivity index (χ1n) is 13.2. The Hall–Kier alpha value is -3.53. The highest BCUT2D eigenvalue weighted by atomic mass is 32.2. The number of ether oxygens (including phenoxy) is 2. The van der Waals surface area contributed by atoms with Crippen molar-refractivity contribution in [3.8, 4) is 22.9 Å². The van der Waals surface area contributed by atoms with E-state index in [1.165, 1.54) is 24.3 Å². The Morgan fingerprint density at radius 2 is 1.87 bits per heavy atom. The van der Waals surface area contributed by atoms with E-state index in [4.69, 9.17) is 9.47 Å². The first-order chi connectivity index (χ1) is 18.6. The molecule has 2 atom stereocenters. The molecule has 3 aromatic rings. The van der Waals surface area contributed by atoms with Crippen molar-refractivity contribution in [2.45, 2.75) is 57.6 Å². The first-order valence-corrected chi connectivity index (χ1v) is 14.7.